The zero-order chi connectivity index (χ0) is 12.1. The fourth-order valence-electron chi connectivity index (χ4n) is 4.30. The van der Waals surface area contributed by atoms with Crippen LogP contribution in [0.25, 0.3) is 0 Å². The summed E-state index contributed by atoms with van der Waals surface area (Å²) >= 11 is 0. The fraction of sp³-hybridized carbons (Fsp3) is 0.800. The van der Waals surface area contributed by atoms with Crippen LogP contribution in [0.4, 0.5) is 0 Å². The highest BCUT2D eigenvalue weighted by Gasteiger charge is 2.60. The van der Waals surface area contributed by atoms with Crippen molar-refractivity contribution in [2.45, 2.75) is 47.0 Å². The first-order chi connectivity index (χ1) is 7.32. The van der Waals surface area contributed by atoms with Gasteiger partial charge in [0.05, 0.1) is 0 Å². The second kappa shape index (κ2) is 3.45. The predicted molar refractivity (Wildman–Crippen MR) is 67.1 cm³/mol. The van der Waals surface area contributed by atoms with Crippen molar-refractivity contribution in [3.63, 3.8) is 0 Å². The van der Waals surface area contributed by atoms with Gasteiger partial charge in [0.2, 0.25) is 0 Å². The number of carbonyl (C=O) groups is 1. The molecule has 0 spiro atoms. The van der Waals surface area contributed by atoms with E-state index >= 15 is 0 Å². The molecule has 90 valence electrons. The monoisotopic (exact) mass is 220 g/mol. The SMILES string of the molecule is C=CC(C)[C@@H]1CC[C@@]2(C)CC(C)(C)C(=O)[C@@H]12. The highest BCUT2D eigenvalue weighted by molar-refractivity contribution is 5.90. The Morgan fingerprint density at radius 3 is 2.62 bits per heavy atom. The van der Waals surface area contributed by atoms with E-state index in [1.807, 2.05) is 6.08 Å². The van der Waals surface area contributed by atoms with E-state index < -0.39 is 0 Å². The molecule has 0 aromatic rings. The maximum atomic E-state index is 12.5. The van der Waals surface area contributed by atoms with Crippen LogP contribution in [0.2, 0.25) is 0 Å². The highest BCUT2D eigenvalue weighted by Crippen LogP contribution is 2.61. The lowest BCUT2D eigenvalue weighted by molar-refractivity contribution is -0.129. The third kappa shape index (κ3) is 1.48. The third-order valence-corrected chi connectivity index (χ3v) is 5.07. The minimum absolute atomic E-state index is 0.0982. The molecule has 2 rings (SSSR count). The lowest BCUT2D eigenvalue weighted by Gasteiger charge is -2.27. The number of ketones is 1. The summed E-state index contributed by atoms with van der Waals surface area (Å²) in [5.41, 5.74) is 0.168. The van der Waals surface area contributed by atoms with Crippen molar-refractivity contribution < 1.29 is 4.79 Å². The molecule has 1 nitrogen and oxygen atoms in total. The fourth-order valence-corrected chi connectivity index (χ4v) is 4.30. The summed E-state index contributed by atoms with van der Waals surface area (Å²) in [6, 6.07) is 0. The van der Waals surface area contributed by atoms with E-state index in [-0.39, 0.29) is 16.7 Å². The van der Waals surface area contributed by atoms with Crippen LogP contribution in [0.3, 0.4) is 0 Å². The summed E-state index contributed by atoms with van der Waals surface area (Å²) in [4.78, 5) is 12.5. The van der Waals surface area contributed by atoms with Crippen LogP contribution in [0.1, 0.15) is 47.0 Å². The molecule has 2 aliphatic rings. The molecule has 0 N–H and O–H groups in total. The summed E-state index contributed by atoms with van der Waals surface area (Å²) < 4.78 is 0. The van der Waals surface area contributed by atoms with Crippen molar-refractivity contribution in [1.29, 1.82) is 0 Å². The van der Waals surface area contributed by atoms with Gasteiger partial charge in [0.25, 0.3) is 0 Å². The molecule has 0 bridgehead atoms. The van der Waals surface area contributed by atoms with Gasteiger partial charge in [-0.3, -0.25) is 4.79 Å². The Balaban J connectivity index is 2.33. The lowest BCUT2D eigenvalue weighted by atomic mass is 9.76. The number of carbonyl (C=O) groups excluding carboxylic acids is 1. The van der Waals surface area contributed by atoms with Crippen molar-refractivity contribution in [1.82, 2.24) is 0 Å². The molecule has 1 heteroatoms. The number of fused-ring (bicyclic) bond motifs is 1. The van der Waals surface area contributed by atoms with Gasteiger partial charge in [-0.15, -0.1) is 6.58 Å². The van der Waals surface area contributed by atoms with Crippen molar-refractivity contribution in [2.75, 3.05) is 0 Å². The first kappa shape index (κ1) is 11.9. The first-order valence-corrected chi connectivity index (χ1v) is 6.49. The topological polar surface area (TPSA) is 17.1 Å². The number of hydrogen-bond donors (Lipinski definition) is 0. The Morgan fingerprint density at radius 1 is 1.44 bits per heavy atom. The smallest absolute Gasteiger partial charge is 0.142 e. The quantitative estimate of drug-likeness (QED) is 0.646. The Bertz CT molecular complexity index is 328. The van der Waals surface area contributed by atoms with E-state index in [9.17, 15) is 4.79 Å². The Morgan fingerprint density at radius 2 is 2.06 bits per heavy atom. The van der Waals surface area contributed by atoms with Gasteiger partial charge in [-0.05, 0) is 36.5 Å². The van der Waals surface area contributed by atoms with Gasteiger partial charge in [0.15, 0.2) is 0 Å². The van der Waals surface area contributed by atoms with E-state index in [2.05, 4.69) is 34.3 Å². The maximum Gasteiger partial charge on any atom is 0.142 e. The minimum Gasteiger partial charge on any atom is -0.299 e. The standard InChI is InChI=1S/C15H24O/c1-6-10(2)11-7-8-15(5)9-14(3,4)13(16)12(11)15/h6,10-12H,1,7-9H2,2-5H3/t10?,11-,12+,15-/m0/s1. The van der Waals surface area contributed by atoms with Crippen LogP contribution in [-0.2, 0) is 4.79 Å². The molecule has 2 fully saturated rings. The van der Waals surface area contributed by atoms with Crippen molar-refractivity contribution in [3.8, 4) is 0 Å². The minimum atomic E-state index is -0.0982. The van der Waals surface area contributed by atoms with E-state index in [1.54, 1.807) is 0 Å². The van der Waals surface area contributed by atoms with Crippen molar-refractivity contribution in [3.05, 3.63) is 12.7 Å². The summed E-state index contributed by atoms with van der Waals surface area (Å²) in [5.74, 6) is 1.81. The number of hydrogen-bond acceptors (Lipinski definition) is 1. The van der Waals surface area contributed by atoms with Gasteiger partial charge in [-0.25, -0.2) is 0 Å². The van der Waals surface area contributed by atoms with Gasteiger partial charge >= 0.3 is 0 Å². The van der Waals surface area contributed by atoms with Gasteiger partial charge in [-0.2, -0.15) is 0 Å². The molecule has 2 saturated carbocycles. The molecule has 0 amide bonds. The lowest BCUT2D eigenvalue weighted by Crippen LogP contribution is -2.30. The average molecular weight is 220 g/mol. The van der Waals surface area contributed by atoms with Gasteiger partial charge in [-0.1, -0.05) is 33.8 Å². The highest BCUT2D eigenvalue weighted by atomic mass is 16.1. The van der Waals surface area contributed by atoms with E-state index in [0.29, 0.717) is 17.6 Å². The summed E-state index contributed by atoms with van der Waals surface area (Å²) in [5, 5.41) is 0. The van der Waals surface area contributed by atoms with Gasteiger partial charge in [0, 0.05) is 11.3 Å². The summed E-state index contributed by atoms with van der Waals surface area (Å²) in [6.45, 7) is 12.7. The zero-order valence-electron chi connectivity index (χ0n) is 11.0. The second-order valence-electron chi connectivity index (χ2n) is 6.85. The summed E-state index contributed by atoms with van der Waals surface area (Å²) in [6.07, 6.45) is 5.52. The van der Waals surface area contributed by atoms with Crippen LogP contribution in [-0.4, -0.2) is 5.78 Å². The number of Topliss-reactive ketones (excluding diaryl/α,β-unsaturated/α-hetero) is 1. The normalized spacial score (nSPS) is 43.1. The van der Waals surface area contributed by atoms with Crippen LogP contribution in [0.5, 0.6) is 0 Å². The van der Waals surface area contributed by atoms with Crippen molar-refractivity contribution >= 4 is 5.78 Å². The Kier molecular flexibility index (Phi) is 2.56. The van der Waals surface area contributed by atoms with Gasteiger partial charge in [0.1, 0.15) is 5.78 Å². The Labute approximate surface area is 99.3 Å². The molecular weight excluding hydrogens is 196 g/mol. The molecule has 2 aliphatic carbocycles. The van der Waals surface area contributed by atoms with Crippen LogP contribution in [0, 0.1) is 28.6 Å². The van der Waals surface area contributed by atoms with Gasteiger partial charge < -0.3 is 0 Å². The largest absolute Gasteiger partial charge is 0.299 e. The molecule has 0 radical (unpaired) electrons. The number of allylic oxidation sites excluding steroid dienone is 1. The predicted octanol–water partition coefficient (Wildman–Crippen LogP) is 3.84. The molecule has 1 unspecified atom stereocenters. The molecular formula is C15H24O. The van der Waals surface area contributed by atoms with E-state index in [4.69, 9.17) is 0 Å². The molecule has 4 atom stereocenters. The van der Waals surface area contributed by atoms with Crippen molar-refractivity contribution in [2.24, 2.45) is 28.6 Å². The molecule has 0 heterocycles. The summed E-state index contributed by atoms with van der Waals surface area (Å²) in [7, 11) is 0. The molecule has 16 heavy (non-hydrogen) atoms. The maximum absolute atomic E-state index is 12.5. The zero-order valence-corrected chi connectivity index (χ0v) is 11.0. The third-order valence-electron chi connectivity index (χ3n) is 5.07. The second-order valence-corrected chi connectivity index (χ2v) is 6.85. The van der Waals surface area contributed by atoms with Crippen LogP contribution >= 0.6 is 0 Å². The molecule has 0 saturated heterocycles. The Hall–Kier alpha value is -0.590. The van der Waals surface area contributed by atoms with Crippen LogP contribution in [0.15, 0.2) is 12.7 Å². The molecule has 0 aromatic carbocycles. The molecule has 0 aliphatic heterocycles. The average Bonchev–Trinajstić information content (AvgIpc) is 2.59. The van der Waals surface area contributed by atoms with E-state index in [1.165, 1.54) is 12.8 Å². The molecule has 0 aromatic heterocycles. The number of rotatable bonds is 2. The van der Waals surface area contributed by atoms with Crippen LogP contribution < -0.4 is 0 Å². The van der Waals surface area contributed by atoms with E-state index in [0.717, 1.165) is 6.42 Å². The first-order valence-electron chi connectivity index (χ1n) is 6.49.